The van der Waals surface area contributed by atoms with E-state index in [1.807, 2.05) is 0 Å². The SMILES string of the molecule is CC(C)c1ccc(NC(=O)C2CC(C3CNC3)=NO2)cc1C(F)(F)F. The van der Waals surface area contributed by atoms with Gasteiger partial charge in [0.15, 0.2) is 0 Å². The molecular formula is C17H20F3N3O2. The van der Waals surface area contributed by atoms with Crippen molar-refractivity contribution in [3.05, 3.63) is 29.3 Å². The average Bonchev–Trinajstić information content (AvgIpc) is 2.93. The average molecular weight is 355 g/mol. The van der Waals surface area contributed by atoms with E-state index in [0.717, 1.165) is 24.9 Å². The summed E-state index contributed by atoms with van der Waals surface area (Å²) in [4.78, 5) is 17.4. The lowest BCUT2D eigenvalue weighted by molar-refractivity contribution is -0.138. The molecule has 0 spiro atoms. The molecule has 1 aromatic carbocycles. The first-order valence-electron chi connectivity index (χ1n) is 8.21. The first kappa shape index (κ1) is 17.7. The number of hydrogen-bond acceptors (Lipinski definition) is 4. The number of carbonyl (C=O) groups excluding carboxylic acids is 1. The predicted octanol–water partition coefficient (Wildman–Crippen LogP) is 3.13. The first-order chi connectivity index (χ1) is 11.8. The van der Waals surface area contributed by atoms with Crippen LogP contribution < -0.4 is 10.6 Å². The first-order valence-corrected chi connectivity index (χ1v) is 8.21. The molecule has 3 rings (SSSR count). The van der Waals surface area contributed by atoms with Crippen molar-refractivity contribution in [3.63, 3.8) is 0 Å². The van der Waals surface area contributed by atoms with E-state index in [4.69, 9.17) is 4.84 Å². The molecule has 1 amide bonds. The number of carbonyl (C=O) groups is 1. The zero-order valence-corrected chi connectivity index (χ0v) is 14.0. The minimum atomic E-state index is -4.47. The van der Waals surface area contributed by atoms with Gasteiger partial charge in [0.2, 0.25) is 6.10 Å². The minimum absolute atomic E-state index is 0.101. The molecule has 2 heterocycles. The molecule has 1 unspecified atom stereocenters. The van der Waals surface area contributed by atoms with Crippen LogP contribution in [-0.4, -0.2) is 30.8 Å². The van der Waals surface area contributed by atoms with Crippen molar-refractivity contribution >= 4 is 17.3 Å². The van der Waals surface area contributed by atoms with Crippen LogP contribution in [0.15, 0.2) is 23.4 Å². The van der Waals surface area contributed by atoms with Crippen LogP contribution in [0.25, 0.3) is 0 Å². The topological polar surface area (TPSA) is 62.7 Å². The summed E-state index contributed by atoms with van der Waals surface area (Å²) in [6.45, 7) is 5.01. The van der Waals surface area contributed by atoms with Gasteiger partial charge >= 0.3 is 6.18 Å². The van der Waals surface area contributed by atoms with Gasteiger partial charge in [-0.15, -0.1) is 0 Å². The Hall–Kier alpha value is -2.09. The van der Waals surface area contributed by atoms with Crippen molar-refractivity contribution < 1.29 is 22.8 Å². The molecule has 1 saturated heterocycles. The van der Waals surface area contributed by atoms with Crippen molar-refractivity contribution in [2.45, 2.75) is 38.5 Å². The number of amides is 1. The van der Waals surface area contributed by atoms with Crippen molar-refractivity contribution in [2.75, 3.05) is 18.4 Å². The van der Waals surface area contributed by atoms with Gasteiger partial charge in [-0.25, -0.2) is 0 Å². The van der Waals surface area contributed by atoms with Crippen LogP contribution in [-0.2, 0) is 15.8 Å². The molecular weight excluding hydrogens is 335 g/mol. The Bertz CT molecular complexity index is 697. The third-order valence-electron chi connectivity index (χ3n) is 4.49. The fraction of sp³-hybridized carbons (Fsp3) is 0.529. The van der Waals surface area contributed by atoms with Crippen LogP contribution in [0.3, 0.4) is 0 Å². The molecule has 2 N–H and O–H groups in total. The Morgan fingerprint density at radius 3 is 2.64 bits per heavy atom. The molecule has 1 aromatic rings. The zero-order chi connectivity index (χ0) is 18.2. The standard InChI is InChI=1S/C17H20F3N3O2/c1-9(2)12-4-3-11(5-13(12)17(18,19)20)22-16(24)15-6-14(23-25-15)10-7-21-8-10/h3-5,9-10,15,21H,6-8H2,1-2H3,(H,22,24). The third kappa shape index (κ3) is 3.78. The van der Waals surface area contributed by atoms with Crippen LogP contribution in [0.2, 0.25) is 0 Å². The summed E-state index contributed by atoms with van der Waals surface area (Å²) in [7, 11) is 0. The lowest BCUT2D eigenvalue weighted by atomic mass is 9.93. The van der Waals surface area contributed by atoms with E-state index < -0.39 is 23.8 Å². The van der Waals surface area contributed by atoms with Crippen LogP contribution >= 0.6 is 0 Å². The van der Waals surface area contributed by atoms with E-state index in [1.54, 1.807) is 13.8 Å². The molecule has 2 aliphatic heterocycles. The summed E-state index contributed by atoms with van der Waals surface area (Å²) in [5.41, 5.74) is 0.393. The lowest BCUT2D eigenvalue weighted by Gasteiger charge is -2.26. The van der Waals surface area contributed by atoms with Crippen LogP contribution in [0, 0.1) is 5.92 Å². The smallest absolute Gasteiger partial charge is 0.382 e. The van der Waals surface area contributed by atoms with Gasteiger partial charge in [-0.1, -0.05) is 25.1 Å². The highest BCUT2D eigenvalue weighted by Crippen LogP contribution is 2.37. The van der Waals surface area contributed by atoms with Crippen LogP contribution in [0.4, 0.5) is 18.9 Å². The maximum Gasteiger partial charge on any atom is 0.416 e. The Kier molecular flexibility index (Phi) is 4.73. The molecule has 0 radical (unpaired) electrons. The highest BCUT2D eigenvalue weighted by Gasteiger charge is 2.36. The van der Waals surface area contributed by atoms with Gasteiger partial charge in [0.25, 0.3) is 5.91 Å². The Morgan fingerprint density at radius 2 is 2.08 bits per heavy atom. The van der Waals surface area contributed by atoms with Crippen LogP contribution in [0.5, 0.6) is 0 Å². The number of alkyl halides is 3. The van der Waals surface area contributed by atoms with Gasteiger partial charge in [-0.3, -0.25) is 4.79 Å². The van der Waals surface area contributed by atoms with Crippen molar-refractivity contribution in [1.82, 2.24) is 5.32 Å². The molecule has 0 aromatic heterocycles. The van der Waals surface area contributed by atoms with Gasteiger partial charge < -0.3 is 15.5 Å². The minimum Gasteiger partial charge on any atom is -0.382 e. The second-order valence-electron chi connectivity index (χ2n) is 6.68. The van der Waals surface area contributed by atoms with Crippen molar-refractivity contribution in [1.29, 1.82) is 0 Å². The number of anilines is 1. The molecule has 136 valence electrons. The maximum absolute atomic E-state index is 13.3. The quantitative estimate of drug-likeness (QED) is 0.872. The Balaban J connectivity index is 1.69. The Morgan fingerprint density at radius 1 is 1.36 bits per heavy atom. The summed E-state index contributed by atoms with van der Waals surface area (Å²) >= 11 is 0. The summed E-state index contributed by atoms with van der Waals surface area (Å²) in [6, 6.07) is 3.86. The van der Waals surface area contributed by atoms with Gasteiger partial charge in [0.1, 0.15) is 0 Å². The normalized spacial score (nSPS) is 20.9. The molecule has 1 atom stereocenters. The molecule has 2 aliphatic rings. The van der Waals surface area contributed by atoms with E-state index in [9.17, 15) is 18.0 Å². The second kappa shape index (κ2) is 6.67. The number of benzene rings is 1. The highest BCUT2D eigenvalue weighted by molar-refractivity contribution is 6.00. The zero-order valence-electron chi connectivity index (χ0n) is 14.0. The van der Waals surface area contributed by atoms with Gasteiger partial charge in [0.05, 0.1) is 11.3 Å². The fourth-order valence-corrected chi connectivity index (χ4v) is 2.91. The van der Waals surface area contributed by atoms with Crippen LogP contribution in [0.1, 0.15) is 37.3 Å². The third-order valence-corrected chi connectivity index (χ3v) is 4.49. The van der Waals surface area contributed by atoms with E-state index in [2.05, 4.69) is 15.8 Å². The molecule has 0 aliphatic carbocycles. The van der Waals surface area contributed by atoms with Gasteiger partial charge in [-0.2, -0.15) is 13.2 Å². The van der Waals surface area contributed by atoms with E-state index >= 15 is 0 Å². The molecule has 5 nitrogen and oxygen atoms in total. The maximum atomic E-state index is 13.3. The van der Waals surface area contributed by atoms with E-state index in [0.29, 0.717) is 6.42 Å². The summed E-state index contributed by atoms with van der Waals surface area (Å²) in [6.07, 6.45) is -4.90. The number of nitrogens with one attached hydrogen (secondary N) is 2. The van der Waals surface area contributed by atoms with Gasteiger partial charge in [-0.05, 0) is 23.6 Å². The van der Waals surface area contributed by atoms with Gasteiger partial charge in [0, 0.05) is 31.1 Å². The number of halogens is 3. The second-order valence-corrected chi connectivity index (χ2v) is 6.68. The van der Waals surface area contributed by atoms with Crippen molar-refractivity contribution in [3.8, 4) is 0 Å². The molecule has 8 heteroatoms. The monoisotopic (exact) mass is 355 g/mol. The molecule has 25 heavy (non-hydrogen) atoms. The fourth-order valence-electron chi connectivity index (χ4n) is 2.91. The number of hydrogen-bond donors (Lipinski definition) is 2. The lowest BCUT2D eigenvalue weighted by Crippen LogP contribution is -2.46. The highest BCUT2D eigenvalue weighted by atomic mass is 19.4. The number of rotatable bonds is 4. The predicted molar refractivity (Wildman–Crippen MR) is 87.4 cm³/mol. The molecule has 0 bridgehead atoms. The molecule has 1 fully saturated rings. The largest absolute Gasteiger partial charge is 0.416 e. The number of oxime groups is 1. The van der Waals surface area contributed by atoms with E-state index in [-0.39, 0.29) is 23.1 Å². The molecule has 0 saturated carbocycles. The Labute approximate surface area is 143 Å². The van der Waals surface area contributed by atoms with Crippen molar-refractivity contribution in [2.24, 2.45) is 11.1 Å². The summed E-state index contributed by atoms with van der Waals surface area (Å²) in [5.74, 6) is -0.483. The van der Waals surface area contributed by atoms with E-state index in [1.165, 1.54) is 12.1 Å². The summed E-state index contributed by atoms with van der Waals surface area (Å²) < 4.78 is 39.8. The number of nitrogens with zero attached hydrogens (tertiary/aromatic N) is 1. The summed E-state index contributed by atoms with van der Waals surface area (Å²) in [5, 5.41) is 9.55.